The average molecular weight is 159 g/mol. The molecule has 0 bridgehead atoms. The Labute approximate surface area is 73.5 Å². The molecule has 0 saturated heterocycles. The molecule has 1 aromatic rings. The Hall–Kier alpha value is -1.37. The van der Waals surface area contributed by atoms with Gasteiger partial charge in [0, 0.05) is 0 Å². The Bertz CT molecular complexity index is 287. The lowest BCUT2D eigenvalue weighted by atomic mass is 10.1. The molecule has 0 fully saturated rings. The van der Waals surface area contributed by atoms with Crippen LogP contribution in [0.1, 0.15) is 18.1 Å². The van der Waals surface area contributed by atoms with Crippen LogP contribution in [0.15, 0.2) is 35.3 Å². The summed E-state index contributed by atoms with van der Waals surface area (Å²) in [6.07, 6.45) is 4.10. The Kier molecular flexibility index (Phi) is 3.27. The van der Waals surface area contributed by atoms with Gasteiger partial charge in [-0.05, 0) is 30.8 Å². The number of nitrogens with zero attached hydrogens (tertiary/aromatic N) is 1. The van der Waals surface area contributed by atoms with E-state index >= 15 is 0 Å². The highest BCUT2D eigenvalue weighted by Gasteiger charge is 1.90. The Morgan fingerprint density at radius 3 is 3.00 bits per heavy atom. The predicted molar refractivity (Wildman–Crippen MR) is 54.4 cm³/mol. The molecule has 0 N–H and O–H groups in total. The van der Waals surface area contributed by atoms with E-state index in [-0.39, 0.29) is 0 Å². The van der Waals surface area contributed by atoms with Crippen molar-refractivity contribution in [1.29, 1.82) is 0 Å². The van der Waals surface area contributed by atoms with Crippen molar-refractivity contribution in [2.24, 2.45) is 4.99 Å². The first-order valence-corrected chi connectivity index (χ1v) is 4.01. The van der Waals surface area contributed by atoms with Crippen molar-refractivity contribution >= 4 is 12.8 Å². The third kappa shape index (κ3) is 2.35. The van der Waals surface area contributed by atoms with Crippen molar-refractivity contribution in [3.05, 3.63) is 41.5 Å². The molecule has 12 heavy (non-hydrogen) atoms. The summed E-state index contributed by atoms with van der Waals surface area (Å²) in [4.78, 5) is 3.83. The van der Waals surface area contributed by atoms with Gasteiger partial charge in [-0.2, -0.15) is 0 Å². The monoisotopic (exact) mass is 159 g/mol. The number of hydrogen-bond acceptors (Lipinski definition) is 1. The Balaban J connectivity index is 2.87. The molecule has 0 aliphatic rings. The van der Waals surface area contributed by atoms with E-state index in [1.54, 1.807) is 0 Å². The number of benzene rings is 1. The van der Waals surface area contributed by atoms with Gasteiger partial charge in [0.2, 0.25) is 0 Å². The van der Waals surface area contributed by atoms with Crippen LogP contribution in [-0.4, -0.2) is 6.72 Å². The molecule has 1 nitrogen and oxygen atoms in total. The first kappa shape index (κ1) is 8.72. The van der Waals surface area contributed by atoms with E-state index in [0.717, 1.165) is 0 Å². The quantitative estimate of drug-likeness (QED) is 0.601. The third-order valence-electron chi connectivity index (χ3n) is 1.60. The molecule has 0 heterocycles. The first-order chi connectivity index (χ1) is 5.86. The van der Waals surface area contributed by atoms with Gasteiger partial charge in [-0.25, -0.2) is 0 Å². The van der Waals surface area contributed by atoms with Crippen LogP contribution in [0.4, 0.5) is 0 Å². The lowest BCUT2D eigenvalue weighted by Gasteiger charge is -1.97. The minimum absolute atomic E-state index is 0.700. The molecule has 0 radical (unpaired) electrons. The van der Waals surface area contributed by atoms with Crippen molar-refractivity contribution in [2.45, 2.75) is 13.5 Å². The molecule has 1 heteroatoms. The van der Waals surface area contributed by atoms with Crippen LogP contribution in [0.25, 0.3) is 6.08 Å². The number of rotatable bonds is 3. The summed E-state index contributed by atoms with van der Waals surface area (Å²) < 4.78 is 0. The highest BCUT2D eigenvalue weighted by molar-refractivity contribution is 5.49. The summed E-state index contributed by atoms with van der Waals surface area (Å²) in [5.41, 5.74) is 2.43. The summed E-state index contributed by atoms with van der Waals surface area (Å²) in [5, 5.41) is 0. The largest absolute Gasteiger partial charge is 0.296 e. The zero-order valence-electron chi connectivity index (χ0n) is 7.33. The van der Waals surface area contributed by atoms with Crippen LogP contribution >= 0.6 is 0 Å². The molecule has 0 unspecified atom stereocenters. The van der Waals surface area contributed by atoms with E-state index < -0.39 is 0 Å². The predicted octanol–water partition coefficient (Wildman–Crippen LogP) is 2.92. The van der Waals surface area contributed by atoms with Gasteiger partial charge >= 0.3 is 0 Å². The molecule has 0 aromatic heterocycles. The molecular formula is C11H13N. The van der Waals surface area contributed by atoms with Gasteiger partial charge in [0.05, 0.1) is 6.54 Å². The summed E-state index contributed by atoms with van der Waals surface area (Å²) in [5.74, 6) is 0. The van der Waals surface area contributed by atoms with Crippen molar-refractivity contribution in [2.75, 3.05) is 0 Å². The van der Waals surface area contributed by atoms with Gasteiger partial charge in [-0.1, -0.05) is 30.4 Å². The molecule has 0 aliphatic carbocycles. The zero-order chi connectivity index (χ0) is 8.81. The molecule has 0 saturated carbocycles. The molecular weight excluding hydrogens is 146 g/mol. The normalized spacial score (nSPS) is 10.4. The standard InChI is InChI=1S/C11H13N/c1-3-5-10-6-4-7-11(8-10)9-12-2/h3-8H,2,9H2,1H3/b5-3+. The maximum Gasteiger partial charge on any atom is 0.0632 e. The van der Waals surface area contributed by atoms with E-state index in [1.807, 2.05) is 19.1 Å². The summed E-state index contributed by atoms with van der Waals surface area (Å²) >= 11 is 0. The number of hydrogen-bond donors (Lipinski definition) is 0. The van der Waals surface area contributed by atoms with Gasteiger partial charge < -0.3 is 0 Å². The highest BCUT2D eigenvalue weighted by Crippen LogP contribution is 2.07. The van der Waals surface area contributed by atoms with Gasteiger partial charge in [-0.15, -0.1) is 0 Å². The molecule has 0 spiro atoms. The van der Waals surface area contributed by atoms with E-state index in [0.29, 0.717) is 6.54 Å². The van der Waals surface area contributed by atoms with Crippen LogP contribution in [0, 0.1) is 0 Å². The molecule has 0 atom stereocenters. The Morgan fingerprint density at radius 2 is 2.33 bits per heavy atom. The van der Waals surface area contributed by atoms with Crippen LogP contribution in [0.3, 0.4) is 0 Å². The second-order valence-electron chi connectivity index (χ2n) is 2.63. The van der Waals surface area contributed by atoms with Crippen LogP contribution < -0.4 is 0 Å². The molecule has 0 aliphatic heterocycles. The van der Waals surface area contributed by atoms with Crippen molar-refractivity contribution < 1.29 is 0 Å². The summed E-state index contributed by atoms with van der Waals surface area (Å²) in [6, 6.07) is 8.29. The van der Waals surface area contributed by atoms with Crippen molar-refractivity contribution in [3.8, 4) is 0 Å². The van der Waals surface area contributed by atoms with E-state index in [9.17, 15) is 0 Å². The molecule has 1 rings (SSSR count). The molecule has 0 amide bonds. The van der Waals surface area contributed by atoms with Crippen molar-refractivity contribution in [3.63, 3.8) is 0 Å². The third-order valence-corrected chi connectivity index (χ3v) is 1.60. The number of aliphatic imine (C=N–C) groups is 1. The van der Waals surface area contributed by atoms with E-state index in [4.69, 9.17) is 0 Å². The molecule has 1 aromatic carbocycles. The van der Waals surface area contributed by atoms with E-state index in [1.165, 1.54) is 11.1 Å². The first-order valence-electron chi connectivity index (χ1n) is 4.01. The minimum Gasteiger partial charge on any atom is -0.296 e. The summed E-state index contributed by atoms with van der Waals surface area (Å²) in [7, 11) is 0. The zero-order valence-corrected chi connectivity index (χ0v) is 7.33. The SMILES string of the molecule is C=NCc1cccc(/C=C/C)c1. The minimum atomic E-state index is 0.700. The van der Waals surface area contributed by atoms with Crippen LogP contribution in [0.2, 0.25) is 0 Å². The van der Waals surface area contributed by atoms with Gasteiger partial charge in [0.1, 0.15) is 0 Å². The smallest absolute Gasteiger partial charge is 0.0632 e. The maximum absolute atomic E-state index is 3.83. The van der Waals surface area contributed by atoms with Crippen molar-refractivity contribution in [1.82, 2.24) is 0 Å². The second kappa shape index (κ2) is 4.50. The maximum atomic E-state index is 3.83. The van der Waals surface area contributed by atoms with Gasteiger partial charge in [-0.3, -0.25) is 4.99 Å². The fourth-order valence-electron chi connectivity index (χ4n) is 1.12. The second-order valence-corrected chi connectivity index (χ2v) is 2.63. The van der Waals surface area contributed by atoms with Gasteiger partial charge in [0.15, 0.2) is 0 Å². The lowest BCUT2D eigenvalue weighted by Crippen LogP contribution is -1.81. The number of allylic oxidation sites excluding steroid dienone is 1. The lowest BCUT2D eigenvalue weighted by molar-refractivity contribution is 1.08. The fraction of sp³-hybridized carbons (Fsp3) is 0.182. The highest BCUT2D eigenvalue weighted by atomic mass is 14.7. The van der Waals surface area contributed by atoms with Crippen LogP contribution in [-0.2, 0) is 6.54 Å². The van der Waals surface area contributed by atoms with Crippen LogP contribution in [0.5, 0.6) is 0 Å². The Morgan fingerprint density at radius 1 is 1.50 bits per heavy atom. The van der Waals surface area contributed by atoms with E-state index in [2.05, 4.69) is 36.0 Å². The topological polar surface area (TPSA) is 12.4 Å². The molecule has 62 valence electrons. The summed E-state index contributed by atoms with van der Waals surface area (Å²) in [6.45, 7) is 6.18. The van der Waals surface area contributed by atoms with Gasteiger partial charge in [0.25, 0.3) is 0 Å². The fourth-order valence-corrected chi connectivity index (χ4v) is 1.12. The average Bonchev–Trinajstić information content (AvgIpc) is 2.06.